The number of alkyl halides is 2. The Balaban J connectivity index is 2.23. The molecule has 136 valence electrons. The van der Waals surface area contributed by atoms with Crippen molar-refractivity contribution in [2.24, 2.45) is 5.73 Å². The van der Waals surface area contributed by atoms with Crippen molar-refractivity contribution in [2.45, 2.75) is 12.7 Å². The normalized spacial score (nSPS) is 11.8. The van der Waals surface area contributed by atoms with Gasteiger partial charge in [-0.15, -0.1) is 0 Å². The number of hydrogen-bond acceptors (Lipinski definition) is 5. The molecule has 8 heteroatoms. The second-order valence-electron chi connectivity index (χ2n) is 5.20. The topological polar surface area (TPSA) is 95.7 Å². The van der Waals surface area contributed by atoms with E-state index in [1.807, 2.05) is 0 Å². The molecular formula is C18H15F2NO5. The van der Waals surface area contributed by atoms with Crippen molar-refractivity contribution >= 4 is 17.5 Å². The Kier molecular flexibility index (Phi) is 6.13. The van der Waals surface area contributed by atoms with Gasteiger partial charge in [-0.1, -0.05) is 18.2 Å². The Labute approximate surface area is 147 Å². The number of ether oxygens (including phenoxy) is 2. The smallest absolute Gasteiger partial charge is 0.387 e. The minimum absolute atomic E-state index is 0.0141. The molecule has 0 spiro atoms. The van der Waals surface area contributed by atoms with Crippen molar-refractivity contribution in [3.63, 3.8) is 0 Å². The first kappa shape index (κ1) is 19.2. The van der Waals surface area contributed by atoms with E-state index in [0.29, 0.717) is 5.56 Å². The molecule has 0 aromatic heterocycles. The zero-order valence-electron chi connectivity index (χ0n) is 13.6. The molecule has 0 saturated heterocycles. The summed E-state index contributed by atoms with van der Waals surface area (Å²) < 4.78 is 33.4. The van der Waals surface area contributed by atoms with Crippen LogP contribution in [0.25, 0.3) is 0 Å². The number of nitrogens with two attached hydrogens (primary N) is 1. The lowest BCUT2D eigenvalue weighted by Crippen LogP contribution is -2.23. The molecule has 0 saturated carbocycles. The number of methoxy groups -OCH3 is 1. The quantitative estimate of drug-likeness (QED) is 0.574. The van der Waals surface area contributed by atoms with Crippen LogP contribution in [0.15, 0.2) is 48.5 Å². The van der Waals surface area contributed by atoms with E-state index in [4.69, 9.17) is 10.5 Å². The number of rotatable bonds is 8. The Morgan fingerprint density at radius 3 is 2.12 bits per heavy atom. The van der Waals surface area contributed by atoms with E-state index in [1.54, 1.807) is 0 Å². The van der Waals surface area contributed by atoms with E-state index in [1.165, 1.54) is 43.5 Å². The number of ketones is 2. The highest BCUT2D eigenvalue weighted by Crippen LogP contribution is 2.20. The van der Waals surface area contributed by atoms with E-state index in [0.717, 1.165) is 12.1 Å². The third-order valence-corrected chi connectivity index (χ3v) is 3.49. The monoisotopic (exact) mass is 363 g/mol. The number of benzene rings is 2. The molecule has 0 radical (unpaired) electrons. The molecule has 2 N–H and O–H groups in total. The van der Waals surface area contributed by atoms with E-state index in [9.17, 15) is 23.2 Å². The minimum atomic E-state index is -2.99. The summed E-state index contributed by atoms with van der Waals surface area (Å²) in [6, 6.07) is 10.5. The van der Waals surface area contributed by atoms with Crippen LogP contribution in [0.4, 0.5) is 8.78 Å². The second kappa shape index (κ2) is 8.30. The zero-order chi connectivity index (χ0) is 19.3. The fourth-order valence-corrected chi connectivity index (χ4v) is 2.31. The number of carbonyl (C=O) groups is 3. The summed E-state index contributed by atoms with van der Waals surface area (Å²) in [5.74, 6) is -2.53. The van der Waals surface area contributed by atoms with Gasteiger partial charge in [0.1, 0.15) is 5.75 Å². The highest BCUT2D eigenvalue weighted by atomic mass is 19.3. The lowest BCUT2D eigenvalue weighted by Gasteiger charge is -2.12. The highest BCUT2D eigenvalue weighted by Gasteiger charge is 2.22. The van der Waals surface area contributed by atoms with Crippen LogP contribution in [0.5, 0.6) is 5.75 Å². The Bertz CT molecular complexity index is 821. The molecule has 0 aliphatic heterocycles. The van der Waals surface area contributed by atoms with Crippen LogP contribution in [0.2, 0.25) is 0 Å². The first-order valence-electron chi connectivity index (χ1n) is 7.39. The number of primary amides is 1. The van der Waals surface area contributed by atoms with Crippen LogP contribution in [0.3, 0.4) is 0 Å². The maximum atomic E-state index is 12.4. The fraction of sp³-hybridized carbons (Fsp3) is 0.167. The zero-order valence-corrected chi connectivity index (χ0v) is 13.6. The standard InChI is InChI=1S/C18H15F2NO5/c1-25-16(17(21)24)12-4-2-3-11(9-12)15(23)14(22)10-5-7-13(8-6-10)26-18(19)20/h2-9,16,18H,1H3,(H2,21,24). The fourth-order valence-electron chi connectivity index (χ4n) is 2.31. The molecule has 1 atom stereocenters. The van der Waals surface area contributed by atoms with Crippen LogP contribution < -0.4 is 10.5 Å². The summed E-state index contributed by atoms with van der Waals surface area (Å²) in [6.07, 6.45) is -1.05. The van der Waals surface area contributed by atoms with Gasteiger partial charge in [-0.3, -0.25) is 14.4 Å². The lowest BCUT2D eigenvalue weighted by atomic mass is 9.98. The summed E-state index contributed by atoms with van der Waals surface area (Å²) in [4.78, 5) is 36.0. The molecule has 0 bridgehead atoms. The van der Waals surface area contributed by atoms with Crippen molar-refractivity contribution in [3.05, 3.63) is 65.2 Å². The molecule has 2 rings (SSSR count). The Hall–Kier alpha value is -3.13. The minimum Gasteiger partial charge on any atom is -0.435 e. The molecule has 0 fully saturated rings. The molecule has 0 heterocycles. The third kappa shape index (κ3) is 4.48. The first-order chi connectivity index (χ1) is 12.3. The number of Topliss-reactive ketones (excluding diaryl/α,β-unsaturated/α-hetero) is 2. The summed E-state index contributed by atoms with van der Waals surface area (Å²) in [5.41, 5.74) is 5.62. The molecule has 0 aliphatic carbocycles. The van der Waals surface area contributed by atoms with Crippen LogP contribution in [-0.4, -0.2) is 31.2 Å². The van der Waals surface area contributed by atoms with Crippen molar-refractivity contribution in [1.29, 1.82) is 0 Å². The molecule has 26 heavy (non-hydrogen) atoms. The number of halogens is 2. The number of carbonyl (C=O) groups excluding carboxylic acids is 3. The van der Waals surface area contributed by atoms with Gasteiger partial charge in [0, 0.05) is 18.2 Å². The number of amides is 1. The lowest BCUT2D eigenvalue weighted by molar-refractivity contribution is -0.128. The molecule has 2 aromatic rings. The van der Waals surface area contributed by atoms with E-state index in [-0.39, 0.29) is 16.9 Å². The molecule has 0 aliphatic rings. The van der Waals surface area contributed by atoms with Gasteiger partial charge in [0.25, 0.3) is 5.91 Å². The van der Waals surface area contributed by atoms with Gasteiger partial charge < -0.3 is 15.2 Å². The van der Waals surface area contributed by atoms with Crippen LogP contribution in [0, 0.1) is 0 Å². The van der Waals surface area contributed by atoms with E-state index >= 15 is 0 Å². The molecule has 1 unspecified atom stereocenters. The van der Waals surface area contributed by atoms with Gasteiger partial charge in [-0.2, -0.15) is 8.78 Å². The van der Waals surface area contributed by atoms with Crippen molar-refractivity contribution in [3.8, 4) is 5.75 Å². The molecule has 2 aromatic carbocycles. The summed E-state index contributed by atoms with van der Waals surface area (Å²) in [5, 5.41) is 0. The Morgan fingerprint density at radius 2 is 1.58 bits per heavy atom. The van der Waals surface area contributed by atoms with Gasteiger partial charge in [-0.05, 0) is 35.9 Å². The highest BCUT2D eigenvalue weighted by molar-refractivity contribution is 6.49. The van der Waals surface area contributed by atoms with Crippen molar-refractivity contribution in [1.82, 2.24) is 0 Å². The van der Waals surface area contributed by atoms with Gasteiger partial charge in [0.15, 0.2) is 6.10 Å². The first-order valence-corrected chi connectivity index (χ1v) is 7.39. The van der Waals surface area contributed by atoms with Crippen molar-refractivity contribution in [2.75, 3.05) is 7.11 Å². The Morgan fingerprint density at radius 1 is 0.962 bits per heavy atom. The van der Waals surface area contributed by atoms with Gasteiger partial charge >= 0.3 is 6.61 Å². The van der Waals surface area contributed by atoms with E-state index < -0.39 is 30.2 Å². The van der Waals surface area contributed by atoms with Gasteiger partial charge in [0.2, 0.25) is 11.6 Å². The van der Waals surface area contributed by atoms with Crippen molar-refractivity contribution < 1.29 is 32.6 Å². The molecular weight excluding hydrogens is 348 g/mol. The second-order valence-corrected chi connectivity index (χ2v) is 5.20. The predicted octanol–water partition coefficient (Wildman–Crippen LogP) is 2.53. The largest absolute Gasteiger partial charge is 0.435 e. The van der Waals surface area contributed by atoms with Crippen LogP contribution in [-0.2, 0) is 9.53 Å². The molecule has 1 amide bonds. The summed E-state index contributed by atoms with van der Waals surface area (Å²) >= 11 is 0. The van der Waals surface area contributed by atoms with Gasteiger partial charge in [0.05, 0.1) is 0 Å². The average molecular weight is 363 g/mol. The van der Waals surface area contributed by atoms with Gasteiger partial charge in [-0.25, -0.2) is 0 Å². The summed E-state index contributed by atoms with van der Waals surface area (Å²) in [7, 11) is 1.29. The summed E-state index contributed by atoms with van der Waals surface area (Å²) in [6.45, 7) is -2.99. The maximum Gasteiger partial charge on any atom is 0.387 e. The third-order valence-electron chi connectivity index (χ3n) is 3.49. The SMILES string of the molecule is COC(C(N)=O)c1cccc(C(=O)C(=O)c2ccc(OC(F)F)cc2)c1. The predicted molar refractivity (Wildman–Crippen MR) is 87.1 cm³/mol. The maximum absolute atomic E-state index is 12.4. The average Bonchev–Trinajstić information content (AvgIpc) is 2.61. The number of hydrogen-bond donors (Lipinski definition) is 1. The molecule has 6 nitrogen and oxygen atoms in total. The van der Waals surface area contributed by atoms with Crippen LogP contribution >= 0.6 is 0 Å². The van der Waals surface area contributed by atoms with Crippen LogP contribution in [0.1, 0.15) is 32.4 Å². The van der Waals surface area contributed by atoms with E-state index in [2.05, 4.69) is 4.74 Å².